The fraction of sp³-hybridized carbons (Fsp3) is 0.417. The van der Waals surface area contributed by atoms with Crippen molar-refractivity contribution in [1.29, 1.82) is 0 Å². The number of nitro benzene ring substituents is 1. The maximum absolute atomic E-state index is 13.2. The molecule has 0 atom stereocenters. The van der Waals surface area contributed by atoms with Gasteiger partial charge in [0.25, 0.3) is 11.6 Å². The van der Waals surface area contributed by atoms with Gasteiger partial charge < -0.3 is 5.32 Å². The number of alkyl halides is 1. The molecule has 0 unspecified atom stereocenters. The average Bonchev–Trinajstić information content (AvgIpc) is 2.30. The molecular weight excluding hydrogens is 338 g/mol. The van der Waals surface area contributed by atoms with Crippen molar-refractivity contribution in [2.75, 3.05) is 5.33 Å². The number of carbonyl (C=O) groups is 1. The number of nitrogens with zero attached hydrogens (tertiary/aromatic N) is 1. The molecule has 8 heteroatoms. The highest BCUT2D eigenvalue weighted by molar-refractivity contribution is 9.09. The standard InChI is InChI=1S/C12H13BrF2N2O3/c1-12(2,3-4-13)16-11(18)7-5-8(14)9(15)6-10(7)17(19)20/h5-6H,3-4H2,1-2H3,(H,16,18). The monoisotopic (exact) mass is 350 g/mol. The van der Waals surface area contributed by atoms with Crippen LogP contribution in [-0.4, -0.2) is 21.7 Å². The van der Waals surface area contributed by atoms with E-state index in [0.717, 1.165) is 0 Å². The number of halogens is 3. The Hall–Kier alpha value is -1.57. The van der Waals surface area contributed by atoms with Gasteiger partial charge in [-0.1, -0.05) is 15.9 Å². The third-order valence-corrected chi connectivity index (χ3v) is 3.05. The van der Waals surface area contributed by atoms with Crippen LogP contribution in [-0.2, 0) is 0 Å². The summed E-state index contributed by atoms with van der Waals surface area (Å²) >= 11 is 3.22. The molecule has 0 heterocycles. The van der Waals surface area contributed by atoms with Crippen LogP contribution in [0, 0.1) is 21.7 Å². The van der Waals surface area contributed by atoms with Crippen LogP contribution in [0.25, 0.3) is 0 Å². The second-order valence-corrected chi connectivity index (χ2v) is 5.61. The van der Waals surface area contributed by atoms with E-state index in [9.17, 15) is 23.7 Å². The van der Waals surface area contributed by atoms with Gasteiger partial charge in [0, 0.05) is 10.9 Å². The predicted octanol–water partition coefficient (Wildman–Crippen LogP) is 3.17. The molecule has 1 N–H and O–H groups in total. The Morgan fingerprint density at radius 2 is 1.95 bits per heavy atom. The molecule has 0 saturated heterocycles. The summed E-state index contributed by atoms with van der Waals surface area (Å²) in [6.07, 6.45) is 0.566. The predicted molar refractivity (Wildman–Crippen MR) is 73.0 cm³/mol. The molecule has 110 valence electrons. The van der Waals surface area contributed by atoms with Crippen LogP contribution in [0.4, 0.5) is 14.5 Å². The smallest absolute Gasteiger partial charge is 0.285 e. The van der Waals surface area contributed by atoms with Gasteiger partial charge in [-0.3, -0.25) is 14.9 Å². The van der Waals surface area contributed by atoms with Gasteiger partial charge in [0.15, 0.2) is 11.6 Å². The minimum atomic E-state index is -1.37. The first kappa shape index (κ1) is 16.5. The van der Waals surface area contributed by atoms with Gasteiger partial charge in [-0.2, -0.15) is 0 Å². The Labute approximate surface area is 122 Å². The number of nitrogens with one attached hydrogen (secondary N) is 1. The van der Waals surface area contributed by atoms with E-state index in [4.69, 9.17) is 0 Å². The van der Waals surface area contributed by atoms with E-state index in [-0.39, 0.29) is 0 Å². The van der Waals surface area contributed by atoms with E-state index < -0.39 is 39.3 Å². The fourth-order valence-corrected chi connectivity index (χ4v) is 2.53. The van der Waals surface area contributed by atoms with Gasteiger partial charge in [-0.05, 0) is 26.3 Å². The van der Waals surface area contributed by atoms with Crippen LogP contribution in [0.5, 0.6) is 0 Å². The van der Waals surface area contributed by atoms with E-state index in [0.29, 0.717) is 23.9 Å². The molecule has 0 aliphatic heterocycles. The third-order valence-electron chi connectivity index (χ3n) is 2.65. The van der Waals surface area contributed by atoms with Crippen molar-refractivity contribution in [3.8, 4) is 0 Å². The molecule has 0 radical (unpaired) electrons. The molecular formula is C12H13BrF2N2O3. The van der Waals surface area contributed by atoms with Crippen molar-refractivity contribution in [1.82, 2.24) is 5.32 Å². The van der Waals surface area contributed by atoms with Gasteiger partial charge in [0.2, 0.25) is 0 Å². The third kappa shape index (κ3) is 3.96. The number of hydrogen-bond acceptors (Lipinski definition) is 3. The summed E-state index contributed by atoms with van der Waals surface area (Å²) in [6, 6.07) is 0.939. The van der Waals surface area contributed by atoms with E-state index in [1.54, 1.807) is 13.8 Å². The minimum absolute atomic E-state index is 0.404. The van der Waals surface area contributed by atoms with Crippen LogP contribution >= 0.6 is 15.9 Å². The Bertz CT molecular complexity index is 550. The summed E-state index contributed by atoms with van der Waals surface area (Å²) in [4.78, 5) is 21.9. The number of carbonyl (C=O) groups excluding carboxylic acids is 1. The molecule has 0 aromatic heterocycles. The van der Waals surface area contributed by atoms with Crippen molar-refractivity contribution in [3.05, 3.63) is 39.4 Å². The van der Waals surface area contributed by atoms with Crippen molar-refractivity contribution >= 4 is 27.5 Å². The van der Waals surface area contributed by atoms with E-state index >= 15 is 0 Å². The minimum Gasteiger partial charge on any atom is -0.347 e. The molecule has 1 aromatic rings. The average molecular weight is 351 g/mol. The molecule has 1 rings (SSSR count). The van der Waals surface area contributed by atoms with Gasteiger partial charge in [0.05, 0.1) is 11.0 Å². The first-order valence-electron chi connectivity index (χ1n) is 5.70. The van der Waals surface area contributed by atoms with Crippen molar-refractivity contribution in [2.24, 2.45) is 0 Å². The molecule has 0 aliphatic rings. The summed E-state index contributed by atoms with van der Waals surface area (Å²) in [6.45, 7) is 3.44. The van der Waals surface area contributed by atoms with Crippen LogP contribution in [0.2, 0.25) is 0 Å². The highest BCUT2D eigenvalue weighted by atomic mass is 79.9. The zero-order valence-corrected chi connectivity index (χ0v) is 12.5. The summed E-state index contributed by atoms with van der Waals surface area (Å²) in [5, 5.41) is 14.0. The van der Waals surface area contributed by atoms with Crippen molar-refractivity contribution in [2.45, 2.75) is 25.8 Å². The lowest BCUT2D eigenvalue weighted by atomic mass is 10.0. The SMILES string of the molecule is CC(C)(CCBr)NC(=O)c1cc(F)c(F)cc1[N+](=O)[O-]. The Morgan fingerprint density at radius 1 is 1.40 bits per heavy atom. The van der Waals surface area contributed by atoms with E-state index in [2.05, 4.69) is 21.2 Å². The first-order valence-corrected chi connectivity index (χ1v) is 6.82. The van der Waals surface area contributed by atoms with Gasteiger partial charge in [0.1, 0.15) is 5.56 Å². The fourth-order valence-electron chi connectivity index (χ4n) is 1.54. The lowest BCUT2D eigenvalue weighted by Gasteiger charge is -2.25. The second-order valence-electron chi connectivity index (χ2n) is 4.82. The summed E-state index contributed by atoms with van der Waals surface area (Å²) < 4.78 is 26.2. The molecule has 0 fully saturated rings. The maximum atomic E-state index is 13.2. The topological polar surface area (TPSA) is 72.2 Å². The number of nitro groups is 1. The molecule has 5 nitrogen and oxygen atoms in total. The van der Waals surface area contributed by atoms with Crippen LogP contribution in [0.1, 0.15) is 30.6 Å². The maximum Gasteiger partial charge on any atom is 0.285 e. The summed E-state index contributed by atoms with van der Waals surface area (Å²) in [5.74, 6) is -3.49. The summed E-state index contributed by atoms with van der Waals surface area (Å²) in [5.41, 5.74) is -1.91. The molecule has 0 spiro atoms. The zero-order chi connectivity index (χ0) is 15.5. The zero-order valence-electron chi connectivity index (χ0n) is 10.9. The van der Waals surface area contributed by atoms with Crippen LogP contribution < -0.4 is 5.32 Å². The Kier molecular flexibility index (Phi) is 5.15. The Balaban J connectivity index is 3.15. The second kappa shape index (κ2) is 6.25. The van der Waals surface area contributed by atoms with E-state index in [1.807, 2.05) is 0 Å². The largest absolute Gasteiger partial charge is 0.347 e. The Morgan fingerprint density at radius 3 is 2.45 bits per heavy atom. The van der Waals surface area contributed by atoms with Gasteiger partial charge >= 0.3 is 0 Å². The number of hydrogen-bond donors (Lipinski definition) is 1. The molecule has 20 heavy (non-hydrogen) atoms. The molecule has 0 aliphatic carbocycles. The quantitative estimate of drug-likeness (QED) is 0.503. The molecule has 1 aromatic carbocycles. The van der Waals surface area contributed by atoms with Crippen molar-refractivity contribution in [3.63, 3.8) is 0 Å². The molecule has 1 amide bonds. The normalized spacial score (nSPS) is 11.2. The van der Waals surface area contributed by atoms with E-state index in [1.165, 1.54) is 0 Å². The molecule has 0 saturated carbocycles. The molecule has 0 bridgehead atoms. The highest BCUT2D eigenvalue weighted by Gasteiger charge is 2.27. The van der Waals surface area contributed by atoms with Gasteiger partial charge in [-0.25, -0.2) is 8.78 Å². The number of rotatable bonds is 5. The highest BCUT2D eigenvalue weighted by Crippen LogP contribution is 2.23. The summed E-state index contributed by atoms with van der Waals surface area (Å²) in [7, 11) is 0. The number of amides is 1. The lowest BCUT2D eigenvalue weighted by Crippen LogP contribution is -2.43. The van der Waals surface area contributed by atoms with Crippen molar-refractivity contribution < 1.29 is 18.5 Å². The van der Waals surface area contributed by atoms with Crippen LogP contribution in [0.15, 0.2) is 12.1 Å². The lowest BCUT2D eigenvalue weighted by molar-refractivity contribution is -0.385. The van der Waals surface area contributed by atoms with Crippen LogP contribution in [0.3, 0.4) is 0 Å². The first-order chi connectivity index (χ1) is 9.18. The van der Waals surface area contributed by atoms with Gasteiger partial charge in [-0.15, -0.1) is 0 Å². The number of benzene rings is 1.